The van der Waals surface area contributed by atoms with E-state index in [2.05, 4.69) is 15.3 Å². The molecule has 0 unspecified atom stereocenters. The maximum Gasteiger partial charge on any atom is 0.328 e. The van der Waals surface area contributed by atoms with Gasteiger partial charge in [0, 0.05) is 25.1 Å². The van der Waals surface area contributed by atoms with E-state index in [0.29, 0.717) is 26.2 Å². The van der Waals surface area contributed by atoms with Crippen LogP contribution in [0.15, 0.2) is 46.2 Å². The fraction of sp³-hybridized carbons (Fsp3) is 0.412. The fourth-order valence-electron chi connectivity index (χ4n) is 2.69. The third-order valence-corrected chi connectivity index (χ3v) is 4.03. The van der Waals surface area contributed by atoms with Crippen molar-refractivity contribution in [2.75, 3.05) is 13.2 Å². The Bertz CT molecular complexity index is 848. The van der Waals surface area contributed by atoms with Crippen molar-refractivity contribution in [3.05, 3.63) is 63.2 Å². The molecule has 2 atom stereocenters. The number of nitrogens with one attached hydrogen (secondary N) is 2. The zero-order valence-electron chi connectivity index (χ0n) is 14.1. The van der Waals surface area contributed by atoms with Gasteiger partial charge < -0.3 is 14.8 Å². The third kappa shape index (κ3) is 4.87. The molecule has 2 aromatic rings. The Labute approximate surface area is 149 Å². The van der Waals surface area contributed by atoms with Crippen LogP contribution in [0.2, 0.25) is 0 Å². The van der Waals surface area contributed by atoms with Gasteiger partial charge in [-0.2, -0.15) is 0 Å². The second-order valence-corrected chi connectivity index (χ2v) is 5.95. The molecule has 9 heteroatoms. The molecule has 2 aromatic heterocycles. The number of rotatable bonds is 6. The van der Waals surface area contributed by atoms with Crippen LogP contribution < -0.4 is 16.6 Å². The first-order chi connectivity index (χ1) is 12.6. The standard InChI is InChI=1S/C17H20N4O5/c22-15-4-7-21(17(24)20-15)9-16(23)19-13-5-8-25-11-14(13)26-10-12-3-1-2-6-18-12/h1-4,6-7,13-14H,5,8-11H2,(H,19,23)(H,20,22,24)/t13-,14-/m1/s1. The molecule has 1 amide bonds. The highest BCUT2D eigenvalue weighted by Gasteiger charge is 2.28. The first-order valence-corrected chi connectivity index (χ1v) is 8.30. The molecule has 1 fully saturated rings. The molecule has 1 aliphatic rings. The van der Waals surface area contributed by atoms with Crippen molar-refractivity contribution in [1.82, 2.24) is 19.9 Å². The van der Waals surface area contributed by atoms with Crippen molar-refractivity contribution < 1.29 is 14.3 Å². The lowest BCUT2D eigenvalue weighted by Gasteiger charge is -2.32. The molecule has 0 aliphatic carbocycles. The molecule has 26 heavy (non-hydrogen) atoms. The summed E-state index contributed by atoms with van der Waals surface area (Å²) in [4.78, 5) is 41.3. The lowest BCUT2D eigenvalue weighted by molar-refractivity contribution is -0.127. The Morgan fingerprint density at radius 2 is 2.27 bits per heavy atom. The lowest BCUT2D eigenvalue weighted by atomic mass is 10.1. The van der Waals surface area contributed by atoms with Gasteiger partial charge in [0.15, 0.2) is 0 Å². The van der Waals surface area contributed by atoms with Crippen molar-refractivity contribution in [3.63, 3.8) is 0 Å². The second-order valence-electron chi connectivity index (χ2n) is 5.95. The monoisotopic (exact) mass is 360 g/mol. The predicted molar refractivity (Wildman–Crippen MR) is 91.5 cm³/mol. The summed E-state index contributed by atoms with van der Waals surface area (Å²) in [5, 5.41) is 2.88. The molecule has 0 radical (unpaired) electrons. The molecular formula is C17H20N4O5. The molecule has 0 spiro atoms. The quantitative estimate of drug-likeness (QED) is 0.712. The van der Waals surface area contributed by atoms with Crippen LogP contribution in [0.5, 0.6) is 0 Å². The van der Waals surface area contributed by atoms with Crippen molar-refractivity contribution in [1.29, 1.82) is 0 Å². The minimum absolute atomic E-state index is 0.181. The number of amides is 1. The van der Waals surface area contributed by atoms with E-state index in [1.165, 1.54) is 12.3 Å². The molecule has 1 aliphatic heterocycles. The number of hydrogen-bond donors (Lipinski definition) is 2. The van der Waals surface area contributed by atoms with Gasteiger partial charge in [-0.25, -0.2) is 4.79 Å². The van der Waals surface area contributed by atoms with Crippen LogP contribution in [0.4, 0.5) is 0 Å². The minimum atomic E-state index is -0.623. The summed E-state index contributed by atoms with van der Waals surface area (Å²) >= 11 is 0. The summed E-state index contributed by atoms with van der Waals surface area (Å²) in [6.07, 6.45) is 3.29. The van der Waals surface area contributed by atoms with Gasteiger partial charge in [-0.1, -0.05) is 6.07 Å². The topological polar surface area (TPSA) is 115 Å². The maximum absolute atomic E-state index is 12.3. The number of aromatic amines is 1. The van der Waals surface area contributed by atoms with E-state index in [0.717, 1.165) is 10.3 Å². The van der Waals surface area contributed by atoms with Crippen molar-refractivity contribution in [3.8, 4) is 0 Å². The molecule has 0 aromatic carbocycles. The Morgan fingerprint density at radius 3 is 3.04 bits per heavy atom. The molecule has 0 bridgehead atoms. The number of ether oxygens (including phenoxy) is 2. The van der Waals surface area contributed by atoms with Crippen molar-refractivity contribution in [2.24, 2.45) is 0 Å². The van der Waals surface area contributed by atoms with Gasteiger partial charge >= 0.3 is 5.69 Å². The van der Waals surface area contributed by atoms with E-state index >= 15 is 0 Å². The number of H-pyrrole nitrogens is 1. The molecule has 2 N–H and O–H groups in total. The zero-order valence-corrected chi connectivity index (χ0v) is 14.1. The number of carbonyl (C=O) groups is 1. The Morgan fingerprint density at radius 1 is 1.38 bits per heavy atom. The van der Waals surface area contributed by atoms with Crippen molar-refractivity contribution in [2.45, 2.75) is 31.7 Å². The van der Waals surface area contributed by atoms with Crippen LogP contribution in [-0.2, 0) is 27.4 Å². The number of pyridine rings is 1. The van der Waals surface area contributed by atoms with Gasteiger partial charge in [0.2, 0.25) is 5.91 Å². The highest BCUT2D eigenvalue weighted by Crippen LogP contribution is 2.13. The van der Waals surface area contributed by atoms with Gasteiger partial charge in [0.05, 0.1) is 24.9 Å². The highest BCUT2D eigenvalue weighted by atomic mass is 16.5. The summed E-state index contributed by atoms with van der Waals surface area (Å²) in [5.41, 5.74) is -0.329. The predicted octanol–water partition coefficient (Wildman–Crippen LogP) is -0.578. The van der Waals surface area contributed by atoms with Crippen LogP contribution in [0, 0.1) is 0 Å². The van der Waals surface area contributed by atoms with Gasteiger partial charge in [-0.15, -0.1) is 0 Å². The SMILES string of the molecule is O=C(Cn1ccc(=O)[nH]c1=O)N[C@@H]1CCOC[C@H]1OCc1ccccn1. The molecule has 138 valence electrons. The smallest absolute Gasteiger partial charge is 0.328 e. The first-order valence-electron chi connectivity index (χ1n) is 8.30. The number of aromatic nitrogens is 3. The summed E-state index contributed by atoms with van der Waals surface area (Å²) in [7, 11) is 0. The van der Waals surface area contributed by atoms with E-state index in [-0.39, 0.29) is 24.6 Å². The summed E-state index contributed by atoms with van der Waals surface area (Å²) in [5.74, 6) is -0.336. The van der Waals surface area contributed by atoms with Crippen LogP contribution >= 0.6 is 0 Å². The van der Waals surface area contributed by atoms with Crippen LogP contribution in [0.1, 0.15) is 12.1 Å². The van der Waals surface area contributed by atoms with Crippen LogP contribution in [0.3, 0.4) is 0 Å². The van der Waals surface area contributed by atoms with Crippen LogP contribution in [-0.4, -0.2) is 45.8 Å². The lowest BCUT2D eigenvalue weighted by Crippen LogP contribution is -2.51. The number of hydrogen-bond acceptors (Lipinski definition) is 6. The number of nitrogens with zero attached hydrogens (tertiary/aromatic N) is 2. The molecule has 9 nitrogen and oxygen atoms in total. The van der Waals surface area contributed by atoms with Gasteiger partial charge in [0.1, 0.15) is 12.6 Å². The van der Waals surface area contributed by atoms with E-state index in [9.17, 15) is 14.4 Å². The minimum Gasteiger partial charge on any atom is -0.379 e. The van der Waals surface area contributed by atoms with E-state index < -0.39 is 11.2 Å². The largest absolute Gasteiger partial charge is 0.379 e. The van der Waals surface area contributed by atoms with Gasteiger partial charge in [-0.05, 0) is 18.6 Å². The summed E-state index contributed by atoms with van der Waals surface area (Å²) in [6, 6.07) is 6.54. The Hall–Kier alpha value is -2.78. The average Bonchev–Trinajstić information content (AvgIpc) is 2.64. The first kappa shape index (κ1) is 18.0. The van der Waals surface area contributed by atoms with Crippen LogP contribution in [0.25, 0.3) is 0 Å². The Balaban J connectivity index is 1.57. The summed E-state index contributed by atoms with van der Waals surface area (Å²) in [6.45, 7) is 1.03. The Kier molecular flexibility index (Phi) is 5.92. The van der Waals surface area contributed by atoms with E-state index in [1.54, 1.807) is 6.20 Å². The van der Waals surface area contributed by atoms with Crippen molar-refractivity contribution >= 4 is 5.91 Å². The summed E-state index contributed by atoms with van der Waals surface area (Å²) < 4.78 is 12.4. The molecular weight excluding hydrogens is 340 g/mol. The molecule has 3 heterocycles. The molecule has 3 rings (SSSR count). The highest BCUT2D eigenvalue weighted by molar-refractivity contribution is 5.76. The van der Waals surface area contributed by atoms with Gasteiger partial charge in [0.25, 0.3) is 5.56 Å². The van der Waals surface area contributed by atoms with Gasteiger partial charge in [-0.3, -0.25) is 24.1 Å². The van der Waals surface area contributed by atoms with E-state index in [1.807, 2.05) is 18.2 Å². The molecule has 1 saturated heterocycles. The third-order valence-electron chi connectivity index (χ3n) is 4.03. The number of carbonyl (C=O) groups excluding carboxylic acids is 1. The maximum atomic E-state index is 12.3. The molecule has 0 saturated carbocycles. The second kappa shape index (κ2) is 8.54. The average molecular weight is 360 g/mol. The zero-order chi connectivity index (χ0) is 18.4. The van der Waals surface area contributed by atoms with E-state index in [4.69, 9.17) is 9.47 Å². The normalized spacial score (nSPS) is 19.8. The fourth-order valence-corrected chi connectivity index (χ4v) is 2.69.